The first-order valence-corrected chi connectivity index (χ1v) is 6.72. The Balaban J connectivity index is 2.11. The third-order valence-corrected chi connectivity index (χ3v) is 4.04. The maximum atomic E-state index is 6.20. The molecule has 2 unspecified atom stereocenters. The molecule has 2 nitrogen and oxygen atoms in total. The molecule has 0 aliphatic heterocycles. The lowest BCUT2D eigenvalue weighted by Crippen LogP contribution is -2.48. The van der Waals surface area contributed by atoms with E-state index < -0.39 is 0 Å². The Labute approximate surface area is 106 Å². The van der Waals surface area contributed by atoms with Crippen molar-refractivity contribution in [3.05, 3.63) is 28.7 Å². The maximum absolute atomic E-state index is 6.20. The lowest BCUT2D eigenvalue weighted by Gasteiger charge is -2.37. The highest BCUT2D eigenvalue weighted by atomic mass is 79.9. The summed E-state index contributed by atoms with van der Waals surface area (Å²) in [7, 11) is 2.15. The summed E-state index contributed by atoms with van der Waals surface area (Å²) in [5.74, 6) is 0. The van der Waals surface area contributed by atoms with Gasteiger partial charge in [0.15, 0.2) is 0 Å². The number of anilines is 1. The predicted molar refractivity (Wildman–Crippen MR) is 72.8 cm³/mol. The van der Waals surface area contributed by atoms with Crippen LogP contribution in [0.1, 0.15) is 25.7 Å². The van der Waals surface area contributed by atoms with Gasteiger partial charge >= 0.3 is 0 Å². The van der Waals surface area contributed by atoms with E-state index in [1.165, 1.54) is 24.9 Å². The van der Waals surface area contributed by atoms with E-state index in [1.54, 1.807) is 0 Å². The third kappa shape index (κ3) is 2.58. The molecule has 2 rings (SSSR count). The molecule has 2 atom stereocenters. The topological polar surface area (TPSA) is 29.3 Å². The molecule has 1 aromatic carbocycles. The molecule has 0 aromatic heterocycles. The van der Waals surface area contributed by atoms with Crippen LogP contribution in [0.15, 0.2) is 28.7 Å². The SMILES string of the molecule is CN(c1ccc(Br)cc1)C1CCCCC1N. The Morgan fingerprint density at radius 1 is 1.19 bits per heavy atom. The van der Waals surface area contributed by atoms with Crippen LogP contribution in [0.25, 0.3) is 0 Å². The Kier molecular flexibility index (Phi) is 3.87. The lowest BCUT2D eigenvalue weighted by atomic mass is 9.90. The number of likely N-dealkylation sites (N-methyl/N-ethyl adjacent to an activating group) is 1. The van der Waals surface area contributed by atoms with E-state index in [9.17, 15) is 0 Å². The standard InChI is InChI=1S/C13H19BrN2/c1-16(11-8-6-10(14)7-9-11)13-5-3-2-4-12(13)15/h6-9,12-13H,2-5,15H2,1H3. The minimum Gasteiger partial charge on any atom is -0.370 e. The van der Waals surface area contributed by atoms with Crippen molar-refractivity contribution in [3.63, 3.8) is 0 Å². The monoisotopic (exact) mass is 282 g/mol. The van der Waals surface area contributed by atoms with Crippen LogP contribution < -0.4 is 10.6 Å². The second-order valence-electron chi connectivity index (χ2n) is 4.60. The molecular formula is C13H19BrN2. The van der Waals surface area contributed by atoms with Crippen LogP contribution in [0.3, 0.4) is 0 Å². The summed E-state index contributed by atoms with van der Waals surface area (Å²) in [4.78, 5) is 2.33. The molecule has 0 bridgehead atoms. The zero-order valence-electron chi connectivity index (χ0n) is 9.70. The van der Waals surface area contributed by atoms with E-state index in [2.05, 4.69) is 52.1 Å². The first-order valence-electron chi connectivity index (χ1n) is 5.92. The second-order valence-corrected chi connectivity index (χ2v) is 5.52. The number of nitrogens with zero attached hydrogens (tertiary/aromatic N) is 1. The van der Waals surface area contributed by atoms with Gasteiger partial charge < -0.3 is 10.6 Å². The van der Waals surface area contributed by atoms with Crippen molar-refractivity contribution in [2.45, 2.75) is 37.8 Å². The van der Waals surface area contributed by atoms with Crippen molar-refractivity contribution < 1.29 is 0 Å². The van der Waals surface area contributed by atoms with Crippen LogP contribution in [0.5, 0.6) is 0 Å². The van der Waals surface area contributed by atoms with E-state index in [4.69, 9.17) is 5.73 Å². The third-order valence-electron chi connectivity index (χ3n) is 3.51. The van der Waals surface area contributed by atoms with Crippen molar-refractivity contribution >= 4 is 21.6 Å². The summed E-state index contributed by atoms with van der Waals surface area (Å²) in [6, 6.07) is 9.27. The first kappa shape index (κ1) is 11.9. The zero-order valence-corrected chi connectivity index (χ0v) is 11.3. The van der Waals surface area contributed by atoms with E-state index >= 15 is 0 Å². The fourth-order valence-corrected chi connectivity index (χ4v) is 2.75. The summed E-state index contributed by atoms with van der Waals surface area (Å²) in [5.41, 5.74) is 7.45. The molecule has 0 saturated heterocycles. The number of rotatable bonds is 2. The second kappa shape index (κ2) is 5.19. The fraction of sp³-hybridized carbons (Fsp3) is 0.538. The highest BCUT2D eigenvalue weighted by Crippen LogP contribution is 2.26. The average Bonchev–Trinajstić information content (AvgIpc) is 2.30. The van der Waals surface area contributed by atoms with Crippen molar-refractivity contribution in [1.82, 2.24) is 0 Å². The van der Waals surface area contributed by atoms with E-state index in [1.807, 2.05) is 0 Å². The highest BCUT2D eigenvalue weighted by Gasteiger charge is 2.25. The quantitative estimate of drug-likeness (QED) is 0.903. The van der Waals surface area contributed by atoms with Crippen LogP contribution in [0.2, 0.25) is 0 Å². The van der Waals surface area contributed by atoms with Gasteiger partial charge in [-0.1, -0.05) is 28.8 Å². The molecule has 3 heteroatoms. The smallest absolute Gasteiger partial charge is 0.0437 e. The number of halogens is 1. The molecule has 0 radical (unpaired) electrons. The average molecular weight is 283 g/mol. The van der Waals surface area contributed by atoms with E-state index in [-0.39, 0.29) is 0 Å². The lowest BCUT2D eigenvalue weighted by molar-refractivity contribution is 0.373. The van der Waals surface area contributed by atoms with Gasteiger partial charge in [0.25, 0.3) is 0 Å². The summed E-state index contributed by atoms with van der Waals surface area (Å²) in [6.07, 6.45) is 4.96. The Morgan fingerprint density at radius 3 is 2.44 bits per heavy atom. The van der Waals surface area contributed by atoms with Crippen molar-refractivity contribution in [1.29, 1.82) is 0 Å². The van der Waals surface area contributed by atoms with Crippen molar-refractivity contribution in [3.8, 4) is 0 Å². The molecular weight excluding hydrogens is 264 g/mol. The maximum Gasteiger partial charge on any atom is 0.0437 e. The Bertz CT molecular complexity index is 336. The van der Waals surface area contributed by atoms with Gasteiger partial charge in [-0.15, -0.1) is 0 Å². The predicted octanol–water partition coefficient (Wildman–Crippen LogP) is 3.16. The molecule has 1 fully saturated rings. The first-order chi connectivity index (χ1) is 7.68. The summed E-state index contributed by atoms with van der Waals surface area (Å²) < 4.78 is 1.12. The number of benzene rings is 1. The molecule has 1 aromatic rings. The largest absolute Gasteiger partial charge is 0.370 e. The molecule has 0 spiro atoms. The molecule has 16 heavy (non-hydrogen) atoms. The Morgan fingerprint density at radius 2 is 1.81 bits per heavy atom. The van der Waals surface area contributed by atoms with E-state index in [0.717, 1.165) is 10.9 Å². The van der Waals surface area contributed by atoms with Gasteiger partial charge in [0.2, 0.25) is 0 Å². The summed E-state index contributed by atoms with van der Waals surface area (Å²) in [6.45, 7) is 0. The van der Waals surface area contributed by atoms with Crippen molar-refractivity contribution in [2.75, 3.05) is 11.9 Å². The van der Waals surface area contributed by atoms with Crippen LogP contribution >= 0.6 is 15.9 Å². The number of hydrogen-bond donors (Lipinski definition) is 1. The number of nitrogens with two attached hydrogens (primary N) is 1. The van der Waals surface area contributed by atoms with Gasteiger partial charge in [-0.25, -0.2) is 0 Å². The van der Waals surface area contributed by atoms with Crippen LogP contribution in [0.4, 0.5) is 5.69 Å². The van der Waals surface area contributed by atoms with Gasteiger partial charge in [-0.2, -0.15) is 0 Å². The molecule has 0 amide bonds. The minimum atomic E-state index is 0.322. The molecule has 1 aliphatic carbocycles. The normalized spacial score (nSPS) is 25.4. The van der Waals surface area contributed by atoms with Gasteiger partial charge in [0.05, 0.1) is 0 Å². The molecule has 1 aliphatic rings. The van der Waals surface area contributed by atoms with Crippen molar-refractivity contribution in [2.24, 2.45) is 5.73 Å². The molecule has 0 heterocycles. The number of hydrogen-bond acceptors (Lipinski definition) is 2. The highest BCUT2D eigenvalue weighted by molar-refractivity contribution is 9.10. The summed E-state index contributed by atoms with van der Waals surface area (Å²) >= 11 is 3.46. The molecule has 1 saturated carbocycles. The fourth-order valence-electron chi connectivity index (χ4n) is 2.49. The summed E-state index contributed by atoms with van der Waals surface area (Å²) in [5, 5.41) is 0. The molecule has 2 N–H and O–H groups in total. The molecule has 88 valence electrons. The van der Waals surface area contributed by atoms with Gasteiger partial charge in [0, 0.05) is 29.3 Å². The van der Waals surface area contributed by atoms with Crippen LogP contribution in [0, 0.1) is 0 Å². The minimum absolute atomic E-state index is 0.322. The van der Waals surface area contributed by atoms with Gasteiger partial charge in [-0.05, 0) is 37.1 Å². The van der Waals surface area contributed by atoms with Gasteiger partial charge in [0.1, 0.15) is 0 Å². The van der Waals surface area contributed by atoms with E-state index in [0.29, 0.717) is 12.1 Å². The van der Waals surface area contributed by atoms with Crippen LogP contribution in [-0.2, 0) is 0 Å². The zero-order chi connectivity index (χ0) is 11.5. The Hall–Kier alpha value is -0.540. The van der Waals surface area contributed by atoms with Gasteiger partial charge in [-0.3, -0.25) is 0 Å². The van der Waals surface area contributed by atoms with Crippen LogP contribution in [-0.4, -0.2) is 19.1 Å².